The lowest BCUT2D eigenvalue weighted by Gasteiger charge is -2.43. The van der Waals surface area contributed by atoms with Crippen LogP contribution in [0, 0.1) is 5.41 Å². The van der Waals surface area contributed by atoms with Crippen molar-refractivity contribution in [2.75, 3.05) is 46.0 Å². The van der Waals surface area contributed by atoms with Crippen molar-refractivity contribution in [1.82, 2.24) is 10.2 Å². The van der Waals surface area contributed by atoms with E-state index in [4.69, 9.17) is 9.47 Å². The van der Waals surface area contributed by atoms with Gasteiger partial charge in [-0.3, -0.25) is 4.90 Å². The number of piperazine rings is 1. The Balaban J connectivity index is 0.00000192. The van der Waals surface area contributed by atoms with Crippen molar-refractivity contribution in [2.45, 2.75) is 19.9 Å². The summed E-state index contributed by atoms with van der Waals surface area (Å²) in [5, 5.41) is 13.3. The van der Waals surface area contributed by atoms with E-state index in [1.54, 1.807) is 0 Å². The van der Waals surface area contributed by atoms with Crippen molar-refractivity contribution >= 4 is 12.4 Å². The average molecular weight is 343 g/mol. The Kier molecular flexibility index (Phi) is 6.14. The molecule has 1 saturated heterocycles. The molecule has 1 aromatic carbocycles. The van der Waals surface area contributed by atoms with Crippen LogP contribution < -0.4 is 14.8 Å². The van der Waals surface area contributed by atoms with Gasteiger partial charge in [0, 0.05) is 44.2 Å². The Labute approximate surface area is 144 Å². The molecule has 6 heteroatoms. The molecule has 0 bridgehead atoms. The molecule has 2 N–H and O–H groups in total. The highest BCUT2D eigenvalue weighted by Crippen LogP contribution is 2.41. The van der Waals surface area contributed by atoms with Gasteiger partial charge in [0.2, 0.25) is 0 Å². The molecule has 5 nitrogen and oxygen atoms in total. The maximum atomic E-state index is 9.90. The number of hydrogen-bond acceptors (Lipinski definition) is 5. The first-order valence-corrected chi connectivity index (χ1v) is 8.07. The van der Waals surface area contributed by atoms with Crippen molar-refractivity contribution in [3.63, 3.8) is 0 Å². The maximum absolute atomic E-state index is 9.90. The number of ether oxygens (including phenoxy) is 2. The molecule has 0 amide bonds. The van der Waals surface area contributed by atoms with Crippen LogP contribution in [0.15, 0.2) is 18.2 Å². The number of nitrogens with zero attached hydrogens (tertiary/aromatic N) is 1. The van der Waals surface area contributed by atoms with Crippen molar-refractivity contribution in [1.29, 1.82) is 0 Å². The second kappa shape index (κ2) is 7.71. The topological polar surface area (TPSA) is 54.0 Å². The van der Waals surface area contributed by atoms with E-state index in [-0.39, 0.29) is 30.5 Å². The van der Waals surface area contributed by atoms with Gasteiger partial charge in [0.1, 0.15) is 13.2 Å². The molecular formula is C17H27ClN2O3. The minimum Gasteiger partial charge on any atom is -0.486 e. The van der Waals surface area contributed by atoms with Crippen LogP contribution >= 0.6 is 12.4 Å². The quantitative estimate of drug-likeness (QED) is 0.874. The second-order valence-electron chi connectivity index (χ2n) is 6.74. The molecule has 2 aliphatic heterocycles. The highest BCUT2D eigenvalue weighted by molar-refractivity contribution is 5.85. The minimum atomic E-state index is -0.221. The van der Waals surface area contributed by atoms with Gasteiger partial charge in [-0.2, -0.15) is 0 Å². The van der Waals surface area contributed by atoms with Crippen molar-refractivity contribution in [2.24, 2.45) is 5.41 Å². The van der Waals surface area contributed by atoms with Gasteiger partial charge in [-0.05, 0) is 17.7 Å². The van der Waals surface area contributed by atoms with E-state index < -0.39 is 0 Å². The smallest absolute Gasteiger partial charge is 0.161 e. The molecular weight excluding hydrogens is 316 g/mol. The fourth-order valence-electron chi connectivity index (χ4n) is 3.41. The van der Waals surface area contributed by atoms with Gasteiger partial charge < -0.3 is 19.9 Å². The van der Waals surface area contributed by atoms with E-state index in [2.05, 4.69) is 36.2 Å². The Morgan fingerprint density at radius 1 is 1.17 bits per heavy atom. The van der Waals surface area contributed by atoms with Crippen LogP contribution in [-0.4, -0.2) is 56.0 Å². The summed E-state index contributed by atoms with van der Waals surface area (Å²) in [5.74, 6) is 1.63. The minimum absolute atomic E-state index is 0. The number of halogens is 1. The van der Waals surface area contributed by atoms with Crippen molar-refractivity contribution < 1.29 is 14.6 Å². The average Bonchev–Trinajstić information content (AvgIpc) is 2.56. The highest BCUT2D eigenvalue weighted by atomic mass is 35.5. The largest absolute Gasteiger partial charge is 0.486 e. The van der Waals surface area contributed by atoms with Crippen molar-refractivity contribution in [3.8, 4) is 11.5 Å². The van der Waals surface area contributed by atoms with Gasteiger partial charge >= 0.3 is 0 Å². The zero-order valence-corrected chi connectivity index (χ0v) is 14.7. The van der Waals surface area contributed by atoms with Crippen LogP contribution in [0.25, 0.3) is 0 Å². The number of nitrogens with one attached hydrogen (secondary N) is 1. The Hall–Kier alpha value is -1.01. The summed E-state index contributed by atoms with van der Waals surface area (Å²) in [6, 6.07) is 6.35. The van der Waals surface area contributed by atoms with Gasteiger partial charge in [-0.15, -0.1) is 12.4 Å². The second-order valence-corrected chi connectivity index (χ2v) is 6.74. The number of fused-ring (bicyclic) bond motifs is 1. The van der Waals surface area contributed by atoms with E-state index in [9.17, 15) is 5.11 Å². The molecule has 0 spiro atoms. The normalized spacial score (nSPS) is 19.8. The molecule has 3 rings (SSSR count). The lowest BCUT2D eigenvalue weighted by molar-refractivity contribution is 0.0302. The molecule has 130 valence electrons. The Bertz CT molecular complexity index is 519. The summed E-state index contributed by atoms with van der Waals surface area (Å²) >= 11 is 0. The predicted molar refractivity (Wildman–Crippen MR) is 92.7 cm³/mol. The van der Waals surface area contributed by atoms with Crippen LogP contribution in [0.5, 0.6) is 11.5 Å². The first kappa shape index (κ1) is 18.3. The van der Waals surface area contributed by atoms with Crippen LogP contribution in [0.1, 0.15) is 25.5 Å². The molecule has 2 heterocycles. The third-order valence-electron chi connectivity index (χ3n) is 4.55. The van der Waals surface area contributed by atoms with Gasteiger partial charge in [0.15, 0.2) is 11.5 Å². The third kappa shape index (κ3) is 3.91. The van der Waals surface area contributed by atoms with Crippen LogP contribution in [0.2, 0.25) is 0 Å². The summed E-state index contributed by atoms with van der Waals surface area (Å²) in [6.07, 6.45) is 0. The summed E-state index contributed by atoms with van der Waals surface area (Å²) in [5.41, 5.74) is 0.964. The fourth-order valence-corrected chi connectivity index (χ4v) is 3.41. The maximum Gasteiger partial charge on any atom is 0.161 e. The van der Waals surface area contributed by atoms with Gasteiger partial charge in [0.05, 0.1) is 0 Å². The zero-order valence-electron chi connectivity index (χ0n) is 13.9. The summed E-state index contributed by atoms with van der Waals surface area (Å²) in [6.45, 7) is 9.55. The van der Waals surface area contributed by atoms with E-state index in [1.165, 1.54) is 5.56 Å². The van der Waals surface area contributed by atoms with Crippen molar-refractivity contribution in [3.05, 3.63) is 23.8 Å². The Morgan fingerprint density at radius 3 is 2.48 bits per heavy atom. The zero-order chi connectivity index (χ0) is 15.6. The monoisotopic (exact) mass is 342 g/mol. The standard InChI is InChI=1S/C17H26N2O3.ClH/c1-17(2,12-20)16(19-7-5-18-6-8-19)13-3-4-14-15(11-13)22-10-9-21-14;/h3-4,11,16,18,20H,5-10,12H2,1-2H3;1H/t16-;/m0./s1. The number of hydrogen-bond donors (Lipinski definition) is 2. The number of aliphatic hydroxyl groups is 1. The first-order chi connectivity index (χ1) is 10.6. The number of benzene rings is 1. The van der Waals surface area contributed by atoms with E-state index in [1.807, 2.05) is 6.07 Å². The molecule has 0 saturated carbocycles. The van der Waals surface area contributed by atoms with Crippen LogP contribution in [0.3, 0.4) is 0 Å². The lowest BCUT2D eigenvalue weighted by atomic mass is 9.79. The van der Waals surface area contributed by atoms with Gasteiger partial charge in [-0.1, -0.05) is 19.9 Å². The van der Waals surface area contributed by atoms with Crippen LogP contribution in [-0.2, 0) is 0 Å². The van der Waals surface area contributed by atoms with E-state index in [0.717, 1.165) is 37.7 Å². The van der Waals surface area contributed by atoms with Gasteiger partial charge in [-0.25, -0.2) is 0 Å². The third-order valence-corrected chi connectivity index (χ3v) is 4.55. The number of aliphatic hydroxyl groups excluding tert-OH is 1. The highest BCUT2D eigenvalue weighted by Gasteiger charge is 2.36. The fraction of sp³-hybridized carbons (Fsp3) is 0.647. The molecule has 0 radical (unpaired) electrons. The summed E-state index contributed by atoms with van der Waals surface area (Å²) in [4.78, 5) is 2.46. The molecule has 0 aromatic heterocycles. The molecule has 2 aliphatic rings. The molecule has 1 atom stereocenters. The summed E-state index contributed by atoms with van der Waals surface area (Å²) in [7, 11) is 0. The lowest BCUT2D eigenvalue weighted by Crippen LogP contribution is -2.49. The van der Waals surface area contributed by atoms with E-state index in [0.29, 0.717) is 13.2 Å². The number of rotatable bonds is 4. The molecule has 1 aromatic rings. The summed E-state index contributed by atoms with van der Waals surface area (Å²) < 4.78 is 11.3. The predicted octanol–water partition coefficient (Wildman–Crippen LogP) is 1.84. The first-order valence-electron chi connectivity index (χ1n) is 8.07. The SMILES string of the molecule is CC(C)(CO)[C@H](c1ccc2c(c1)OCCO2)N1CCNCC1.Cl. The van der Waals surface area contributed by atoms with Crippen LogP contribution in [0.4, 0.5) is 0 Å². The molecule has 0 aliphatic carbocycles. The molecule has 0 unspecified atom stereocenters. The van der Waals surface area contributed by atoms with E-state index >= 15 is 0 Å². The Morgan fingerprint density at radius 2 is 1.83 bits per heavy atom. The van der Waals surface area contributed by atoms with Gasteiger partial charge in [0.25, 0.3) is 0 Å². The molecule has 23 heavy (non-hydrogen) atoms. The molecule has 1 fully saturated rings.